The van der Waals surface area contributed by atoms with E-state index < -0.39 is 17.8 Å². The molecule has 11 nitrogen and oxygen atoms in total. The topological polar surface area (TPSA) is 155 Å². The van der Waals surface area contributed by atoms with E-state index >= 15 is 0 Å². The summed E-state index contributed by atoms with van der Waals surface area (Å²) in [7, 11) is 0. The molecule has 4 rings (SSSR count). The Kier molecular flexibility index (Phi) is 9.30. The quantitative estimate of drug-likeness (QED) is 0.152. The second kappa shape index (κ2) is 13.0. The van der Waals surface area contributed by atoms with E-state index in [0.29, 0.717) is 33.5 Å². The van der Waals surface area contributed by atoms with Crippen LogP contribution in [0.1, 0.15) is 39.4 Å². The molecule has 2 aromatic carbocycles. The van der Waals surface area contributed by atoms with Crippen LogP contribution in [0, 0.1) is 6.92 Å². The summed E-state index contributed by atoms with van der Waals surface area (Å²) in [4.78, 5) is 54.5. The molecule has 13 heteroatoms. The molecule has 2 heterocycles. The highest BCUT2D eigenvalue weighted by Gasteiger charge is 2.26. The number of para-hydroxylation sites is 1. The van der Waals surface area contributed by atoms with Gasteiger partial charge >= 0.3 is 5.97 Å². The number of nitrogens with zero attached hydrogens (tertiary/aromatic N) is 2. The van der Waals surface area contributed by atoms with Gasteiger partial charge in [-0.2, -0.15) is 0 Å². The summed E-state index contributed by atoms with van der Waals surface area (Å²) < 4.78 is 5.13. The Bertz CT molecular complexity index is 1550. The zero-order valence-corrected chi connectivity index (χ0v) is 23.5. The van der Waals surface area contributed by atoms with Gasteiger partial charge in [-0.15, -0.1) is 16.4 Å². The Labute approximate surface area is 238 Å². The highest BCUT2D eigenvalue weighted by Crippen LogP contribution is 2.34. The third-order valence-corrected chi connectivity index (χ3v) is 7.41. The number of benzene rings is 2. The van der Waals surface area contributed by atoms with E-state index in [1.807, 2.05) is 12.1 Å². The van der Waals surface area contributed by atoms with Crippen LogP contribution < -0.4 is 16.0 Å². The number of hydrogen-bond donors (Lipinski definition) is 4. The van der Waals surface area contributed by atoms with Crippen molar-refractivity contribution < 1.29 is 23.9 Å². The maximum atomic E-state index is 13.2. The second-order valence-corrected chi connectivity index (χ2v) is 10.3. The van der Waals surface area contributed by atoms with Gasteiger partial charge in [0, 0.05) is 23.9 Å². The number of thiophene rings is 1. The summed E-state index contributed by atoms with van der Waals surface area (Å²) in [6.07, 6.45) is 0. The van der Waals surface area contributed by atoms with Crippen LogP contribution in [0.15, 0.2) is 59.8 Å². The molecule has 0 radical (unpaired) electrons. The largest absolute Gasteiger partial charge is 0.462 e. The fourth-order valence-electron chi connectivity index (χ4n) is 3.66. The molecule has 0 spiro atoms. The number of anilines is 3. The summed E-state index contributed by atoms with van der Waals surface area (Å²) in [6, 6.07) is 16.0. The molecule has 40 heavy (non-hydrogen) atoms. The van der Waals surface area contributed by atoms with E-state index in [9.17, 15) is 19.2 Å². The first-order valence-electron chi connectivity index (χ1n) is 12.1. The van der Waals surface area contributed by atoms with E-state index in [-0.39, 0.29) is 33.7 Å². The number of aromatic amines is 1. The normalized spacial score (nSPS) is 10.6. The SMILES string of the molecule is CCOC(=O)c1sc(NC(=O)CSc2n[nH]c(-c3cccc(NC(C)=O)c3)n2)c(C(=O)Nc2ccccc2)c1C. The molecule has 3 amide bonds. The number of esters is 1. The molecule has 0 aliphatic rings. The smallest absolute Gasteiger partial charge is 0.348 e. The summed E-state index contributed by atoms with van der Waals surface area (Å²) >= 11 is 2.08. The van der Waals surface area contributed by atoms with Gasteiger partial charge in [0.05, 0.1) is 17.9 Å². The molecule has 0 saturated heterocycles. The molecule has 0 bridgehead atoms. The van der Waals surface area contributed by atoms with Crippen LogP contribution in [0.5, 0.6) is 0 Å². The van der Waals surface area contributed by atoms with Gasteiger partial charge in [0.15, 0.2) is 5.82 Å². The molecule has 0 aliphatic carbocycles. The molecule has 0 unspecified atom stereocenters. The number of amides is 3. The van der Waals surface area contributed by atoms with E-state index in [1.54, 1.807) is 56.3 Å². The predicted molar refractivity (Wildman–Crippen MR) is 155 cm³/mol. The third-order valence-electron chi connectivity index (χ3n) is 5.37. The lowest BCUT2D eigenvalue weighted by Crippen LogP contribution is -2.18. The number of nitrogens with one attached hydrogen (secondary N) is 4. The van der Waals surface area contributed by atoms with Crippen LogP contribution in [0.25, 0.3) is 11.4 Å². The van der Waals surface area contributed by atoms with Crippen LogP contribution in [0.2, 0.25) is 0 Å². The van der Waals surface area contributed by atoms with Gasteiger partial charge in [0.2, 0.25) is 17.0 Å². The maximum absolute atomic E-state index is 13.2. The van der Waals surface area contributed by atoms with Crippen molar-refractivity contribution in [3.63, 3.8) is 0 Å². The minimum atomic E-state index is -0.565. The number of aromatic nitrogens is 3. The number of ether oxygens (including phenoxy) is 1. The molecule has 206 valence electrons. The average molecular weight is 579 g/mol. The van der Waals surface area contributed by atoms with Gasteiger partial charge in [-0.25, -0.2) is 9.78 Å². The fraction of sp³-hybridized carbons (Fsp3) is 0.185. The number of carbonyl (C=O) groups excluding carboxylic acids is 4. The van der Waals surface area contributed by atoms with E-state index in [4.69, 9.17) is 4.74 Å². The molecular formula is C27H26N6O5S2. The van der Waals surface area contributed by atoms with Crippen molar-refractivity contribution in [2.45, 2.75) is 25.9 Å². The first kappa shape index (κ1) is 28.5. The molecule has 4 aromatic rings. The van der Waals surface area contributed by atoms with Gasteiger partial charge in [0.1, 0.15) is 9.88 Å². The molecular weight excluding hydrogens is 552 g/mol. The summed E-state index contributed by atoms with van der Waals surface area (Å²) in [5.41, 5.74) is 2.52. The zero-order chi connectivity index (χ0) is 28.6. The molecule has 0 atom stereocenters. The lowest BCUT2D eigenvalue weighted by Gasteiger charge is -2.08. The zero-order valence-electron chi connectivity index (χ0n) is 21.9. The Morgan fingerprint density at radius 3 is 2.48 bits per heavy atom. The standard InChI is InChI=1S/C27H26N6O5S2/c1-4-38-26(37)22-15(2)21(24(36)29-18-10-6-5-7-11-18)25(40-22)30-20(35)14-39-27-31-23(32-33-27)17-9-8-12-19(13-17)28-16(3)34/h5-13H,4,14H2,1-3H3,(H,28,34)(H,29,36)(H,30,35)(H,31,32,33). The molecule has 0 aliphatic heterocycles. The van der Waals surface area contributed by atoms with Crippen molar-refractivity contribution in [3.8, 4) is 11.4 Å². The maximum Gasteiger partial charge on any atom is 0.348 e. The predicted octanol–water partition coefficient (Wildman–Crippen LogP) is 4.96. The average Bonchev–Trinajstić information content (AvgIpc) is 3.52. The van der Waals surface area contributed by atoms with E-state index in [0.717, 1.165) is 23.1 Å². The highest BCUT2D eigenvalue weighted by molar-refractivity contribution is 7.99. The lowest BCUT2D eigenvalue weighted by atomic mass is 10.1. The highest BCUT2D eigenvalue weighted by atomic mass is 32.2. The van der Waals surface area contributed by atoms with Crippen LogP contribution in [0.4, 0.5) is 16.4 Å². The van der Waals surface area contributed by atoms with Gasteiger partial charge in [-0.05, 0) is 43.7 Å². The van der Waals surface area contributed by atoms with Crippen molar-refractivity contribution in [1.82, 2.24) is 15.2 Å². The third kappa shape index (κ3) is 7.12. The van der Waals surface area contributed by atoms with Crippen molar-refractivity contribution in [3.05, 3.63) is 70.6 Å². The Morgan fingerprint density at radius 1 is 1.00 bits per heavy atom. The van der Waals surface area contributed by atoms with E-state index in [1.165, 1.54) is 6.92 Å². The van der Waals surface area contributed by atoms with Crippen molar-refractivity contribution in [2.75, 3.05) is 28.3 Å². The summed E-state index contributed by atoms with van der Waals surface area (Å²) in [5, 5.41) is 15.8. The Balaban J connectivity index is 1.47. The van der Waals surface area contributed by atoms with Gasteiger partial charge in [-0.3, -0.25) is 19.5 Å². The fourth-order valence-corrected chi connectivity index (χ4v) is 5.37. The second-order valence-electron chi connectivity index (χ2n) is 8.37. The molecule has 0 fully saturated rings. The minimum Gasteiger partial charge on any atom is -0.462 e. The molecule has 4 N–H and O–H groups in total. The number of rotatable bonds is 10. The monoisotopic (exact) mass is 578 g/mol. The molecule has 0 saturated carbocycles. The van der Waals surface area contributed by atoms with Crippen molar-refractivity contribution >= 4 is 63.2 Å². The number of thioether (sulfide) groups is 1. The number of hydrogen-bond acceptors (Lipinski definition) is 9. The number of carbonyl (C=O) groups is 4. The van der Waals surface area contributed by atoms with Crippen molar-refractivity contribution in [2.24, 2.45) is 0 Å². The van der Waals surface area contributed by atoms with Gasteiger partial charge < -0.3 is 20.7 Å². The van der Waals surface area contributed by atoms with Crippen LogP contribution in [-0.4, -0.2) is 51.2 Å². The van der Waals surface area contributed by atoms with Gasteiger partial charge in [0.25, 0.3) is 5.91 Å². The first-order valence-corrected chi connectivity index (χ1v) is 13.9. The van der Waals surface area contributed by atoms with E-state index in [2.05, 4.69) is 31.1 Å². The van der Waals surface area contributed by atoms with Crippen LogP contribution in [0.3, 0.4) is 0 Å². The Morgan fingerprint density at radius 2 is 1.75 bits per heavy atom. The summed E-state index contributed by atoms with van der Waals surface area (Å²) in [5.74, 6) is -1.19. The first-order chi connectivity index (χ1) is 19.2. The Hall–Kier alpha value is -4.49. The van der Waals surface area contributed by atoms with Crippen LogP contribution in [-0.2, 0) is 14.3 Å². The van der Waals surface area contributed by atoms with Crippen molar-refractivity contribution in [1.29, 1.82) is 0 Å². The van der Waals surface area contributed by atoms with Gasteiger partial charge in [-0.1, -0.05) is 42.1 Å². The minimum absolute atomic E-state index is 0.0470. The van der Waals surface area contributed by atoms with Crippen LogP contribution >= 0.6 is 23.1 Å². The molecule has 2 aromatic heterocycles. The lowest BCUT2D eigenvalue weighted by molar-refractivity contribution is -0.114. The summed E-state index contributed by atoms with van der Waals surface area (Å²) in [6.45, 7) is 4.94. The number of H-pyrrole nitrogens is 1.